The molecule has 5 nitrogen and oxygen atoms in total. The van der Waals surface area contributed by atoms with Gasteiger partial charge in [-0.2, -0.15) is 0 Å². The number of aromatic nitrogens is 2. The lowest BCUT2D eigenvalue weighted by Crippen LogP contribution is -2.66. The van der Waals surface area contributed by atoms with Crippen molar-refractivity contribution in [2.45, 2.75) is 72.0 Å². The van der Waals surface area contributed by atoms with E-state index in [9.17, 15) is 0 Å². The molecule has 1 fully saturated rings. The lowest BCUT2D eigenvalue weighted by Gasteiger charge is -2.53. The van der Waals surface area contributed by atoms with E-state index < -0.39 is 0 Å². The summed E-state index contributed by atoms with van der Waals surface area (Å²) in [5, 5.41) is 16.5. The molecule has 3 rings (SSSR count). The second-order valence-corrected chi connectivity index (χ2v) is 9.69. The third-order valence-electron chi connectivity index (χ3n) is 5.10. The van der Waals surface area contributed by atoms with Crippen molar-refractivity contribution < 1.29 is 0 Å². The van der Waals surface area contributed by atoms with Gasteiger partial charge in [-0.15, -0.1) is 10.2 Å². The van der Waals surface area contributed by atoms with Crippen LogP contribution in [0.25, 0.3) is 0 Å². The Balaban J connectivity index is 2.19. The van der Waals surface area contributed by atoms with Crippen LogP contribution < -0.4 is 15.5 Å². The number of hydrogen-bond donors (Lipinski definition) is 2. The van der Waals surface area contributed by atoms with E-state index in [0.717, 1.165) is 30.2 Å². The minimum atomic E-state index is -0.0913. The average molecular weight is 352 g/mol. The maximum Gasteiger partial charge on any atom is 0.173 e. The summed E-state index contributed by atoms with van der Waals surface area (Å²) in [4.78, 5) is 2.52. The predicted molar refractivity (Wildman–Crippen MR) is 101 cm³/mol. The maximum absolute atomic E-state index is 6.50. The topological polar surface area (TPSA) is 53.1 Å². The molecule has 3 heterocycles. The van der Waals surface area contributed by atoms with E-state index in [4.69, 9.17) is 11.6 Å². The first-order valence-electron chi connectivity index (χ1n) is 8.83. The first kappa shape index (κ1) is 17.7. The van der Waals surface area contributed by atoms with Crippen LogP contribution in [0.15, 0.2) is 0 Å². The van der Waals surface area contributed by atoms with E-state index >= 15 is 0 Å². The Morgan fingerprint density at radius 3 is 2.38 bits per heavy atom. The highest BCUT2D eigenvalue weighted by molar-refractivity contribution is 6.30. The number of nitrogens with zero attached hydrogens (tertiary/aromatic N) is 3. The molecule has 134 valence electrons. The Hall–Kier alpha value is -1.07. The largest absolute Gasteiger partial charge is 0.361 e. The second kappa shape index (κ2) is 5.73. The van der Waals surface area contributed by atoms with Crippen LogP contribution in [-0.2, 0) is 5.41 Å². The van der Waals surface area contributed by atoms with Gasteiger partial charge in [0, 0.05) is 24.7 Å². The van der Waals surface area contributed by atoms with Gasteiger partial charge in [0.05, 0.1) is 17.8 Å². The summed E-state index contributed by atoms with van der Waals surface area (Å²) in [6, 6.07) is 1.11. The molecule has 1 aromatic rings. The minimum absolute atomic E-state index is 0.0913. The molecule has 24 heavy (non-hydrogen) atoms. The summed E-state index contributed by atoms with van der Waals surface area (Å²) in [5.74, 6) is 0.870. The lowest BCUT2D eigenvalue weighted by atomic mass is 9.78. The van der Waals surface area contributed by atoms with E-state index in [-0.39, 0.29) is 10.8 Å². The van der Waals surface area contributed by atoms with Gasteiger partial charge in [0.2, 0.25) is 0 Å². The summed E-state index contributed by atoms with van der Waals surface area (Å²) in [5.41, 5.74) is 2.26. The number of piperazine rings is 1. The molecule has 1 aromatic heterocycles. The van der Waals surface area contributed by atoms with E-state index in [1.165, 1.54) is 0 Å². The SMILES string of the molecule is C[C@H]1CN2c3c(nnc(Cl)c3C(C)(C)C)NC(C(C)(C)C)[C@H]2CN1. The highest BCUT2D eigenvalue weighted by atomic mass is 35.5. The first-order chi connectivity index (χ1) is 11.0. The third-order valence-corrected chi connectivity index (χ3v) is 5.36. The van der Waals surface area contributed by atoms with Crippen molar-refractivity contribution in [3.8, 4) is 0 Å². The fourth-order valence-electron chi connectivity index (χ4n) is 3.97. The molecule has 6 heteroatoms. The molecule has 0 spiro atoms. The summed E-state index contributed by atoms with van der Waals surface area (Å²) in [6.45, 7) is 17.5. The van der Waals surface area contributed by atoms with Crippen LogP contribution in [0, 0.1) is 5.41 Å². The monoisotopic (exact) mass is 351 g/mol. The van der Waals surface area contributed by atoms with Gasteiger partial charge in [-0.1, -0.05) is 53.1 Å². The molecule has 0 saturated carbocycles. The smallest absolute Gasteiger partial charge is 0.173 e. The molecule has 0 aromatic carbocycles. The van der Waals surface area contributed by atoms with Gasteiger partial charge >= 0.3 is 0 Å². The van der Waals surface area contributed by atoms with Crippen molar-refractivity contribution in [3.63, 3.8) is 0 Å². The van der Waals surface area contributed by atoms with E-state index in [1.807, 2.05) is 0 Å². The van der Waals surface area contributed by atoms with Crippen LogP contribution >= 0.6 is 11.6 Å². The van der Waals surface area contributed by atoms with Crippen LogP contribution in [0.2, 0.25) is 5.15 Å². The van der Waals surface area contributed by atoms with Crippen LogP contribution in [0.5, 0.6) is 0 Å². The van der Waals surface area contributed by atoms with Gasteiger partial charge in [-0.05, 0) is 17.8 Å². The van der Waals surface area contributed by atoms with Crippen molar-refractivity contribution in [1.29, 1.82) is 0 Å². The van der Waals surface area contributed by atoms with Crippen molar-refractivity contribution >= 4 is 23.1 Å². The van der Waals surface area contributed by atoms with Gasteiger partial charge in [-0.3, -0.25) is 0 Å². The van der Waals surface area contributed by atoms with Gasteiger partial charge in [-0.25, -0.2) is 0 Å². The van der Waals surface area contributed by atoms with Crippen LogP contribution in [-0.4, -0.2) is 41.4 Å². The Bertz CT molecular complexity index is 632. The maximum atomic E-state index is 6.50. The van der Waals surface area contributed by atoms with Crippen LogP contribution in [0.3, 0.4) is 0 Å². The zero-order chi connectivity index (χ0) is 17.9. The first-order valence-corrected chi connectivity index (χ1v) is 9.21. The van der Waals surface area contributed by atoms with E-state index in [0.29, 0.717) is 23.3 Å². The highest BCUT2D eigenvalue weighted by Gasteiger charge is 2.45. The van der Waals surface area contributed by atoms with Gasteiger partial charge in [0.15, 0.2) is 11.0 Å². The van der Waals surface area contributed by atoms with Crippen molar-refractivity contribution in [3.05, 3.63) is 10.7 Å². The molecule has 3 atom stereocenters. The molecule has 1 unspecified atom stereocenters. The average Bonchev–Trinajstić information content (AvgIpc) is 2.43. The molecule has 0 amide bonds. The quantitative estimate of drug-likeness (QED) is 0.750. The van der Waals surface area contributed by atoms with Crippen molar-refractivity contribution in [1.82, 2.24) is 15.5 Å². The summed E-state index contributed by atoms with van der Waals surface area (Å²) < 4.78 is 0. The highest BCUT2D eigenvalue weighted by Crippen LogP contribution is 2.46. The normalized spacial score (nSPS) is 27.3. The number of halogens is 1. The van der Waals surface area contributed by atoms with Crippen LogP contribution in [0.1, 0.15) is 54.0 Å². The summed E-state index contributed by atoms with van der Waals surface area (Å²) >= 11 is 6.50. The summed E-state index contributed by atoms with van der Waals surface area (Å²) in [7, 11) is 0. The molecule has 2 N–H and O–H groups in total. The van der Waals surface area contributed by atoms with Gasteiger partial charge in [0.1, 0.15) is 0 Å². The molecule has 1 saturated heterocycles. The van der Waals surface area contributed by atoms with Crippen molar-refractivity contribution in [2.75, 3.05) is 23.3 Å². The Morgan fingerprint density at radius 1 is 1.12 bits per heavy atom. The predicted octanol–water partition coefficient (Wildman–Crippen LogP) is 3.43. The molecule has 2 aliphatic rings. The molecule has 0 aliphatic carbocycles. The van der Waals surface area contributed by atoms with Crippen LogP contribution in [0.4, 0.5) is 11.5 Å². The Morgan fingerprint density at radius 2 is 1.79 bits per heavy atom. The van der Waals surface area contributed by atoms with Crippen molar-refractivity contribution in [2.24, 2.45) is 5.41 Å². The molecular formula is C18H30ClN5. The van der Waals surface area contributed by atoms with E-state index in [1.54, 1.807) is 0 Å². The third kappa shape index (κ3) is 2.97. The van der Waals surface area contributed by atoms with Gasteiger partial charge < -0.3 is 15.5 Å². The fourth-order valence-corrected chi connectivity index (χ4v) is 4.38. The molecule has 0 bridgehead atoms. The Kier molecular flexibility index (Phi) is 4.24. The fraction of sp³-hybridized carbons (Fsp3) is 0.778. The number of nitrogens with one attached hydrogen (secondary N) is 2. The number of fused-ring (bicyclic) bond motifs is 3. The second-order valence-electron chi connectivity index (χ2n) is 9.33. The lowest BCUT2D eigenvalue weighted by molar-refractivity contribution is 0.255. The minimum Gasteiger partial charge on any atom is -0.361 e. The number of hydrogen-bond acceptors (Lipinski definition) is 5. The zero-order valence-corrected chi connectivity index (χ0v) is 16.6. The van der Waals surface area contributed by atoms with Gasteiger partial charge in [0.25, 0.3) is 0 Å². The number of anilines is 2. The molecular weight excluding hydrogens is 322 g/mol. The Labute approximate surface area is 150 Å². The molecule has 0 radical (unpaired) electrons. The zero-order valence-electron chi connectivity index (χ0n) is 15.9. The molecule has 2 aliphatic heterocycles. The number of rotatable bonds is 0. The summed E-state index contributed by atoms with van der Waals surface area (Å²) in [6.07, 6.45) is 0. The van der Waals surface area contributed by atoms with E-state index in [2.05, 4.69) is 74.2 Å². The standard InChI is InChI=1S/C18H30ClN5/c1-10-9-24-11(8-20-10)14(18(5,6)7)21-16-13(24)12(17(2,3)4)15(19)22-23-16/h10-11,14,20H,8-9H2,1-7H3,(H,21,23)/t10-,11+,14?/m0/s1.